The van der Waals surface area contributed by atoms with Crippen molar-refractivity contribution < 1.29 is 18.0 Å². The zero-order chi connectivity index (χ0) is 8.48. The summed E-state index contributed by atoms with van der Waals surface area (Å²) < 4.78 is 35.3. The molecule has 0 amide bonds. The number of alkyl halides is 3. The van der Waals surface area contributed by atoms with Gasteiger partial charge in [-0.15, -0.1) is 11.3 Å². The minimum absolute atomic E-state index is 0.178. The van der Waals surface area contributed by atoms with E-state index in [1.807, 2.05) is 0 Å². The number of thiazole rings is 1. The maximum absolute atomic E-state index is 11.8. The van der Waals surface area contributed by atoms with Crippen molar-refractivity contribution in [3.05, 3.63) is 16.1 Å². The van der Waals surface area contributed by atoms with Gasteiger partial charge in [0, 0.05) is 5.38 Å². The molecule has 1 rings (SSSR count). The van der Waals surface area contributed by atoms with Gasteiger partial charge < -0.3 is 0 Å². The lowest BCUT2D eigenvalue weighted by Gasteiger charge is -1.98. The van der Waals surface area contributed by atoms with Crippen molar-refractivity contribution in [2.24, 2.45) is 0 Å². The fourth-order valence-corrected chi connectivity index (χ4v) is 1.10. The monoisotopic (exact) mass is 181 g/mol. The maximum Gasteiger partial charge on any atom is 0.443 e. The van der Waals surface area contributed by atoms with E-state index in [9.17, 15) is 18.0 Å². The average Bonchev–Trinajstić information content (AvgIpc) is 2.32. The molecule has 0 spiro atoms. The van der Waals surface area contributed by atoms with E-state index in [0.717, 1.165) is 5.38 Å². The zero-order valence-electron chi connectivity index (χ0n) is 5.05. The molecule has 0 saturated carbocycles. The molecule has 0 unspecified atom stereocenters. The van der Waals surface area contributed by atoms with Gasteiger partial charge in [-0.25, -0.2) is 4.98 Å². The predicted molar refractivity (Wildman–Crippen MR) is 32.5 cm³/mol. The summed E-state index contributed by atoms with van der Waals surface area (Å²) in [6, 6.07) is 0. The largest absolute Gasteiger partial charge is 0.443 e. The third-order valence-electron chi connectivity index (χ3n) is 0.885. The van der Waals surface area contributed by atoms with Gasteiger partial charge in [-0.3, -0.25) is 4.79 Å². The second-order valence-corrected chi connectivity index (χ2v) is 2.55. The summed E-state index contributed by atoms with van der Waals surface area (Å²) in [5, 5.41) is 0.0788. The van der Waals surface area contributed by atoms with Crippen molar-refractivity contribution >= 4 is 17.6 Å². The van der Waals surface area contributed by atoms with Gasteiger partial charge in [0.05, 0.1) is 0 Å². The summed E-state index contributed by atoms with van der Waals surface area (Å²) in [7, 11) is 0. The molecule has 2 nitrogen and oxygen atoms in total. The molecule has 1 heterocycles. The molecule has 0 atom stereocenters. The van der Waals surface area contributed by atoms with Crippen molar-refractivity contribution in [1.82, 2.24) is 4.98 Å². The molecule has 0 aliphatic rings. The molecular formula is C5H2F3NOS. The molecular weight excluding hydrogens is 179 g/mol. The zero-order valence-corrected chi connectivity index (χ0v) is 5.87. The number of aldehydes is 1. The van der Waals surface area contributed by atoms with E-state index in [-0.39, 0.29) is 12.0 Å². The Balaban J connectivity index is 2.98. The van der Waals surface area contributed by atoms with Gasteiger partial charge >= 0.3 is 6.18 Å². The SMILES string of the molecule is O=Cc1csc(C(F)(F)F)n1. The number of rotatable bonds is 1. The summed E-state index contributed by atoms with van der Waals surface area (Å²) >= 11 is 0.414. The predicted octanol–water partition coefficient (Wildman–Crippen LogP) is 1.97. The van der Waals surface area contributed by atoms with Gasteiger partial charge in [0.15, 0.2) is 11.3 Å². The normalized spacial score (nSPS) is 11.5. The molecule has 0 fully saturated rings. The Hall–Kier alpha value is -0.910. The van der Waals surface area contributed by atoms with Crippen LogP contribution in [0.1, 0.15) is 15.5 Å². The number of carbonyl (C=O) groups excluding carboxylic acids is 1. The van der Waals surface area contributed by atoms with Crippen LogP contribution < -0.4 is 0 Å². The smallest absolute Gasteiger partial charge is 0.296 e. The van der Waals surface area contributed by atoms with E-state index in [1.54, 1.807) is 0 Å². The van der Waals surface area contributed by atoms with E-state index < -0.39 is 11.2 Å². The van der Waals surface area contributed by atoms with E-state index >= 15 is 0 Å². The molecule has 0 N–H and O–H groups in total. The van der Waals surface area contributed by atoms with Crippen molar-refractivity contribution in [2.75, 3.05) is 0 Å². The third kappa shape index (κ3) is 1.76. The molecule has 11 heavy (non-hydrogen) atoms. The van der Waals surface area contributed by atoms with Gasteiger partial charge in [0.25, 0.3) is 0 Å². The minimum atomic E-state index is -4.44. The van der Waals surface area contributed by atoms with Crippen LogP contribution in [-0.2, 0) is 6.18 Å². The molecule has 1 aromatic rings. The Morgan fingerprint density at radius 3 is 2.45 bits per heavy atom. The van der Waals surface area contributed by atoms with Gasteiger partial charge in [-0.2, -0.15) is 13.2 Å². The highest BCUT2D eigenvalue weighted by atomic mass is 32.1. The first-order valence-corrected chi connectivity index (χ1v) is 3.40. The van der Waals surface area contributed by atoms with Crippen LogP contribution in [0, 0.1) is 0 Å². The number of hydrogen-bond acceptors (Lipinski definition) is 3. The molecule has 0 aromatic carbocycles. The second kappa shape index (κ2) is 2.61. The lowest BCUT2D eigenvalue weighted by Crippen LogP contribution is -2.03. The fourth-order valence-electron chi connectivity index (χ4n) is 0.470. The molecule has 6 heteroatoms. The molecule has 0 bridgehead atoms. The first kappa shape index (κ1) is 8.19. The van der Waals surface area contributed by atoms with Crippen molar-refractivity contribution in [3.63, 3.8) is 0 Å². The van der Waals surface area contributed by atoms with Crippen LogP contribution in [-0.4, -0.2) is 11.3 Å². The standard InChI is InChI=1S/C5H2F3NOS/c6-5(7,8)4-9-3(1-10)2-11-4/h1-2H. The van der Waals surface area contributed by atoms with Gasteiger partial charge in [-0.05, 0) is 0 Å². The number of hydrogen-bond donors (Lipinski definition) is 0. The van der Waals surface area contributed by atoms with Crippen molar-refractivity contribution in [3.8, 4) is 0 Å². The van der Waals surface area contributed by atoms with Gasteiger partial charge in [-0.1, -0.05) is 0 Å². The summed E-state index contributed by atoms with van der Waals surface area (Å²) in [5.74, 6) is 0. The van der Waals surface area contributed by atoms with Gasteiger partial charge in [0.2, 0.25) is 0 Å². The van der Waals surface area contributed by atoms with Crippen LogP contribution in [0.4, 0.5) is 13.2 Å². The van der Waals surface area contributed by atoms with E-state index in [2.05, 4.69) is 4.98 Å². The molecule has 0 saturated heterocycles. The minimum Gasteiger partial charge on any atom is -0.296 e. The topological polar surface area (TPSA) is 30.0 Å². The van der Waals surface area contributed by atoms with Crippen LogP contribution in [0.2, 0.25) is 0 Å². The Labute approximate surface area is 63.7 Å². The summed E-state index contributed by atoms with van der Waals surface area (Å²) in [6.45, 7) is 0. The lowest BCUT2D eigenvalue weighted by molar-refractivity contribution is -0.137. The van der Waals surface area contributed by atoms with Crippen molar-refractivity contribution in [1.29, 1.82) is 0 Å². The van der Waals surface area contributed by atoms with Crippen LogP contribution >= 0.6 is 11.3 Å². The molecule has 0 radical (unpaired) electrons. The highest BCUT2D eigenvalue weighted by molar-refractivity contribution is 7.09. The van der Waals surface area contributed by atoms with Crippen LogP contribution in [0.15, 0.2) is 5.38 Å². The number of carbonyl (C=O) groups is 1. The van der Waals surface area contributed by atoms with Crippen LogP contribution in [0.3, 0.4) is 0 Å². The number of halogens is 3. The van der Waals surface area contributed by atoms with E-state index in [0.29, 0.717) is 11.3 Å². The van der Waals surface area contributed by atoms with E-state index in [4.69, 9.17) is 0 Å². The van der Waals surface area contributed by atoms with Crippen LogP contribution in [0.25, 0.3) is 0 Å². The average molecular weight is 181 g/mol. The fraction of sp³-hybridized carbons (Fsp3) is 0.200. The maximum atomic E-state index is 11.8. The van der Waals surface area contributed by atoms with Crippen LogP contribution in [0.5, 0.6) is 0 Å². The molecule has 0 aliphatic heterocycles. The summed E-state index contributed by atoms with van der Waals surface area (Å²) in [6.07, 6.45) is -4.16. The highest BCUT2D eigenvalue weighted by Gasteiger charge is 2.34. The Morgan fingerprint density at radius 2 is 2.18 bits per heavy atom. The highest BCUT2D eigenvalue weighted by Crippen LogP contribution is 2.31. The number of nitrogens with zero attached hydrogens (tertiary/aromatic N) is 1. The third-order valence-corrected chi connectivity index (χ3v) is 1.79. The first-order chi connectivity index (χ1) is 5.04. The first-order valence-electron chi connectivity index (χ1n) is 2.52. The Morgan fingerprint density at radius 1 is 1.55 bits per heavy atom. The molecule has 1 aromatic heterocycles. The lowest BCUT2D eigenvalue weighted by atomic mass is 10.5. The summed E-state index contributed by atoms with van der Waals surface area (Å²) in [5.41, 5.74) is -0.178. The number of aromatic nitrogens is 1. The Kier molecular flexibility index (Phi) is 1.95. The van der Waals surface area contributed by atoms with E-state index in [1.165, 1.54) is 0 Å². The summed E-state index contributed by atoms with van der Waals surface area (Å²) in [4.78, 5) is 12.9. The molecule has 0 aliphatic carbocycles. The molecule has 60 valence electrons. The van der Waals surface area contributed by atoms with Crippen molar-refractivity contribution in [2.45, 2.75) is 6.18 Å². The second-order valence-electron chi connectivity index (χ2n) is 1.69. The Bertz CT molecular complexity index is 267. The van der Waals surface area contributed by atoms with Gasteiger partial charge in [0.1, 0.15) is 5.69 Å². The quantitative estimate of drug-likeness (QED) is 0.620.